The predicted octanol–water partition coefficient (Wildman–Crippen LogP) is 5.13. The van der Waals surface area contributed by atoms with Crippen LogP contribution < -0.4 is 5.56 Å². The van der Waals surface area contributed by atoms with E-state index in [1.165, 1.54) is 64.7 Å². The van der Waals surface area contributed by atoms with Gasteiger partial charge in [-0.15, -0.1) is 0 Å². The molecule has 0 amide bonds. The van der Waals surface area contributed by atoms with E-state index in [0.29, 0.717) is 18.1 Å². The molecule has 1 aromatic carbocycles. The maximum absolute atomic E-state index is 13.5. The van der Waals surface area contributed by atoms with E-state index < -0.39 is 0 Å². The molecular formula is C27H35N3O2. The monoisotopic (exact) mass is 433 g/mol. The van der Waals surface area contributed by atoms with Gasteiger partial charge in [0.2, 0.25) is 0 Å². The number of aromatic nitrogens is 2. The van der Waals surface area contributed by atoms with Crippen molar-refractivity contribution in [2.24, 2.45) is 11.8 Å². The Hall–Kier alpha value is -2.01. The van der Waals surface area contributed by atoms with E-state index in [0.717, 1.165) is 35.7 Å². The SMILES string of the molecule is CC(=O)c1nc2ccccc2n([C@@H]2C[C@@H]3CCC[C@H]2N3C2CC3CCCCC(C3)C2)c1=O. The third kappa shape index (κ3) is 3.35. The maximum Gasteiger partial charge on any atom is 0.280 e. The number of piperidine rings is 1. The highest BCUT2D eigenvalue weighted by Gasteiger charge is 2.49. The van der Waals surface area contributed by atoms with Crippen LogP contribution in [0.1, 0.15) is 94.1 Å². The molecule has 32 heavy (non-hydrogen) atoms. The first-order valence-electron chi connectivity index (χ1n) is 12.9. The molecular weight excluding hydrogens is 398 g/mol. The summed E-state index contributed by atoms with van der Waals surface area (Å²) in [6.45, 7) is 1.46. The Kier molecular flexibility index (Phi) is 5.20. The van der Waals surface area contributed by atoms with Gasteiger partial charge in [0.1, 0.15) is 0 Å². The molecule has 4 aliphatic rings. The molecule has 5 nitrogen and oxygen atoms in total. The summed E-state index contributed by atoms with van der Waals surface area (Å²) in [4.78, 5) is 33.1. The first-order chi connectivity index (χ1) is 15.6. The van der Waals surface area contributed by atoms with Crippen molar-refractivity contribution in [1.29, 1.82) is 0 Å². The summed E-state index contributed by atoms with van der Waals surface area (Å²) in [5, 5.41) is 0. The Morgan fingerprint density at radius 3 is 2.38 bits per heavy atom. The average molecular weight is 434 g/mol. The van der Waals surface area contributed by atoms with Crippen LogP contribution in [0.5, 0.6) is 0 Å². The van der Waals surface area contributed by atoms with Gasteiger partial charge < -0.3 is 4.57 Å². The van der Waals surface area contributed by atoms with Crippen molar-refractivity contribution < 1.29 is 4.79 Å². The molecule has 2 saturated heterocycles. The number of fused-ring (bicyclic) bond motifs is 5. The van der Waals surface area contributed by atoms with Gasteiger partial charge in [-0.1, -0.05) is 44.2 Å². The highest BCUT2D eigenvalue weighted by molar-refractivity contribution is 5.93. The fourth-order valence-electron chi connectivity index (χ4n) is 7.87. The van der Waals surface area contributed by atoms with Crippen LogP contribution in [0.3, 0.4) is 0 Å². The van der Waals surface area contributed by atoms with Gasteiger partial charge in [-0.25, -0.2) is 4.98 Å². The Balaban J connectivity index is 1.41. The number of para-hydroxylation sites is 2. The van der Waals surface area contributed by atoms with Crippen LogP contribution in [0.15, 0.2) is 29.1 Å². The van der Waals surface area contributed by atoms with Crippen LogP contribution in [0.2, 0.25) is 0 Å². The lowest BCUT2D eigenvalue weighted by Gasteiger charge is -2.46. The number of hydrogen-bond acceptors (Lipinski definition) is 4. The summed E-state index contributed by atoms with van der Waals surface area (Å²) in [6, 6.07) is 9.66. The second kappa shape index (κ2) is 8.09. The Labute approximate surface area is 190 Å². The predicted molar refractivity (Wildman–Crippen MR) is 126 cm³/mol. The van der Waals surface area contributed by atoms with Crippen molar-refractivity contribution in [3.8, 4) is 0 Å². The Morgan fingerprint density at radius 2 is 1.62 bits per heavy atom. The minimum atomic E-state index is -0.233. The van der Waals surface area contributed by atoms with Gasteiger partial charge in [0.25, 0.3) is 5.56 Å². The van der Waals surface area contributed by atoms with E-state index in [-0.39, 0.29) is 23.1 Å². The summed E-state index contributed by atoms with van der Waals surface area (Å²) >= 11 is 0. The van der Waals surface area contributed by atoms with Crippen LogP contribution in [0.25, 0.3) is 11.0 Å². The Bertz CT molecular complexity index is 1080. The summed E-state index contributed by atoms with van der Waals surface area (Å²) in [5.41, 5.74) is 1.55. The summed E-state index contributed by atoms with van der Waals surface area (Å²) < 4.78 is 1.97. The van der Waals surface area contributed by atoms with Gasteiger partial charge in [0.05, 0.1) is 17.1 Å². The van der Waals surface area contributed by atoms with Crippen LogP contribution in [0, 0.1) is 11.8 Å². The number of ketones is 1. The fraction of sp³-hybridized carbons (Fsp3) is 0.667. The zero-order chi connectivity index (χ0) is 21.8. The largest absolute Gasteiger partial charge is 0.300 e. The quantitative estimate of drug-likeness (QED) is 0.630. The number of Topliss-reactive ketones (excluding diaryl/α,β-unsaturated/α-hetero) is 1. The molecule has 5 atom stereocenters. The molecule has 3 heterocycles. The molecule has 2 aliphatic carbocycles. The summed E-state index contributed by atoms with van der Waals surface area (Å²) in [6.07, 6.45) is 14.5. The number of nitrogens with zero attached hydrogens (tertiary/aromatic N) is 3. The zero-order valence-corrected chi connectivity index (χ0v) is 19.2. The second-order valence-electron chi connectivity index (χ2n) is 11.0. The number of carbonyl (C=O) groups excluding carboxylic acids is 1. The van der Waals surface area contributed by atoms with Crippen molar-refractivity contribution >= 4 is 16.8 Å². The van der Waals surface area contributed by atoms with Gasteiger partial charge in [-0.3, -0.25) is 14.5 Å². The number of rotatable bonds is 3. The van der Waals surface area contributed by atoms with Crippen molar-refractivity contribution in [2.45, 2.75) is 102 Å². The molecule has 0 spiro atoms. The van der Waals surface area contributed by atoms with Gasteiger partial charge in [0, 0.05) is 25.0 Å². The van der Waals surface area contributed by atoms with E-state index in [9.17, 15) is 9.59 Å². The van der Waals surface area contributed by atoms with Crippen LogP contribution in [0.4, 0.5) is 0 Å². The standard InChI is InChI=1S/C27H35N3O2/c1-17(31)26-27(32)30(23-11-5-4-10-22(23)28-26)25-16-20-9-6-12-24(25)29(20)21-14-18-7-2-3-8-19(13-18)15-21/h4-5,10-11,18-21,24-25H,2-3,6-9,12-16H2,1H3/t18?,19?,20-,21?,24+,25+/m0/s1. The molecule has 2 saturated carbocycles. The highest BCUT2D eigenvalue weighted by Crippen LogP contribution is 2.49. The molecule has 170 valence electrons. The number of benzene rings is 1. The molecule has 2 aromatic rings. The van der Waals surface area contributed by atoms with Crippen LogP contribution >= 0.6 is 0 Å². The van der Waals surface area contributed by atoms with Crippen molar-refractivity contribution in [3.05, 3.63) is 40.3 Å². The first kappa shape index (κ1) is 20.6. The maximum atomic E-state index is 13.5. The smallest absolute Gasteiger partial charge is 0.280 e. The summed E-state index contributed by atoms with van der Waals surface area (Å²) in [7, 11) is 0. The highest BCUT2D eigenvalue weighted by atomic mass is 16.1. The molecule has 4 bridgehead atoms. The summed E-state index contributed by atoms with van der Waals surface area (Å²) in [5.74, 6) is 1.56. The molecule has 1 aromatic heterocycles. The van der Waals surface area contributed by atoms with E-state index in [2.05, 4.69) is 9.88 Å². The van der Waals surface area contributed by atoms with Gasteiger partial charge in [-0.2, -0.15) is 0 Å². The minimum absolute atomic E-state index is 0.0976. The third-order valence-electron chi connectivity index (χ3n) is 9.03. The van der Waals surface area contributed by atoms with E-state index in [1.54, 1.807) is 0 Å². The van der Waals surface area contributed by atoms with Crippen molar-refractivity contribution in [1.82, 2.24) is 14.5 Å². The third-order valence-corrected chi connectivity index (χ3v) is 9.03. The zero-order valence-electron chi connectivity index (χ0n) is 19.2. The lowest BCUT2D eigenvalue weighted by Crippen LogP contribution is -2.51. The van der Waals surface area contributed by atoms with Gasteiger partial charge in [0.15, 0.2) is 11.5 Å². The van der Waals surface area contributed by atoms with E-state index in [4.69, 9.17) is 0 Å². The number of carbonyl (C=O) groups is 1. The first-order valence-corrected chi connectivity index (χ1v) is 12.9. The van der Waals surface area contributed by atoms with E-state index >= 15 is 0 Å². The molecule has 4 fully saturated rings. The number of hydrogen-bond donors (Lipinski definition) is 0. The molecule has 2 unspecified atom stereocenters. The topological polar surface area (TPSA) is 55.2 Å². The van der Waals surface area contributed by atoms with Crippen molar-refractivity contribution in [3.63, 3.8) is 0 Å². The molecule has 0 radical (unpaired) electrons. The molecule has 6 rings (SSSR count). The average Bonchev–Trinajstić information content (AvgIpc) is 2.90. The van der Waals surface area contributed by atoms with Gasteiger partial charge >= 0.3 is 0 Å². The van der Waals surface area contributed by atoms with E-state index in [1.807, 2.05) is 28.8 Å². The lowest BCUT2D eigenvalue weighted by molar-refractivity contribution is 0.0300. The lowest BCUT2D eigenvalue weighted by atomic mass is 9.76. The van der Waals surface area contributed by atoms with Crippen LogP contribution in [-0.2, 0) is 0 Å². The second-order valence-corrected chi connectivity index (χ2v) is 11.0. The van der Waals surface area contributed by atoms with Crippen LogP contribution in [-0.4, -0.2) is 38.4 Å². The fourth-order valence-corrected chi connectivity index (χ4v) is 7.87. The molecule has 2 aliphatic heterocycles. The Morgan fingerprint density at radius 1 is 0.875 bits per heavy atom. The normalized spacial score (nSPS) is 35.0. The van der Waals surface area contributed by atoms with Crippen molar-refractivity contribution in [2.75, 3.05) is 0 Å². The minimum Gasteiger partial charge on any atom is -0.300 e. The molecule has 5 heteroatoms. The van der Waals surface area contributed by atoms with Gasteiger partial charge in [-0.05, 0) is 62.5 Å². The molecule has 0 N–H and O–H groups in total.